The minimum Gasteiger partial charge on any atom is -0.434 e. The zero-order chi connectivity index (χ0) is 17.2. The fourth-order valence-corrected chi connectivity index (χ4v) is 2.23. The van der Waals surface area contributed by atoms with Crippen LogP contribution in [0.3, 0.4) is 0 Å². The van der Waals surface area contributed by atoms with Gasteiger partial charge >= 0.3 is 6.61 Å². The summed E-state index contributed by atoms with van der Waals surface area (Å²) in [6.45, 7) is -1.78. The topological polar surface area (TPSA) is 45.7 Å². The first kappa shape index (κ1) is 21.1. The zero-order valence-electron chi connectivity index (χ0n) is 13.9. The number of rotatable bonds is 7. The molecule has 4 nitrogen and oxygen atoms in total. The molecule has 0 atom stereocenters. The Labute approximate surface area is 163 Å². The van der Waals surface area contributed by atoms with Gasteiger partial charge in [0.25, 0.3) is 0 Å². The molecule has 136 valence electrons. The number of nitrogens with zero attached hydrogens (tertiary/aromatic N) is 1. The predicted molar refractivity (Wildman–Crippen MR) is 107 cm³/mol. The number of hydrogen-bond acceptors (Lipinski definition) is 2. The summed E-state index contributed by atoms with van der Waals surface area (Å²) in [5, 5.41) is 6.30. The summed E-state index contributed by atoms with van der Waals surface area (Å²) < 4.78 is 29.3. The van der Waals surface area contributed by atoms with Crippen molar-refractivity contribution in [2.45, 2.75) is 19.6 Å². The van der Waals surface area contributed by atoms with Gasteiger partial charge in [0.15, 0.2) is 5.96 Å². The largest absolute Gasteiger partial charge is 0.434 e. The third-order valence-electron chi connectivity index (χ3n) is 3.41. The van der Waals surface area contributed by atoms with Crippen molar-refractivity contribution in [2.75, 3.05) is 13.6 Å². The molecule has 0 saturated carbocycles. The Kier molecular flexibility index (Phi) is 9.83. The van der Waals surface area contributed by atoms with Crippen LogP contribution in [0.2, 0.25) is 0 Å². The molecule has 0 heterocycles. The van der Waals surface area contributed by atoms with Crippen molar-refractivity contribution in [1.29, 1.82) is 0 Å². The first-order valence-corrected chi connectivity index (χ1v) is 7.70. The normalized spacial score (nSPS) is 11.0. The molecule has 0 aromatic heterocycles. The molecule has 2 aromatic carbocycles. The molecule has 0 aliphatic heterocycles. The summed E-state index contributed by atoms with van der Waals surface area (Å²) in [5.41, 5.74) is 1.87. The van der Waals surface area contributed by atoms with Gasteiger partial charge in [-0.15, -0.1) is 24.0 Å². The first-order chi connectivity index (χ1) is 11.7. The molecule has 25 heavy (non-hydrogen) atoms. The van der Waals surface area contributed by atoms with Crippen molar-refractivity contribution in [1.82, 2.24) is 10.6 Å². The van der Waals surface area contributed by atoms with Gasteiger partial charge in [-0.05, 0) is 18.1 Å². The van der Waals surface area contributed by atoms with Gasteiger partial charge in [0, 0.05) is 25.7 Å². The van der Waals surface area contributed by atoms with E-state index in [0.29, 0.717) is 18.1 Å². The van der Waals surface area contributed by atoms with Gasteiger partial charge < -0.3 is 15.4 Å². The Bertz CT molecular complexity index is 654. The second-order valence-electron chi connectivity index (χ2n) is 5.07. The lowest BCUT2D eigenvalue weighted by atomic mass is 10.1. The maximum absolute atomic E-state index is 12.4. The van der Waals surface area contributed by atoms with E-state index in [4.69, 9.17) is 0 Å². The van der Waals surface area contributed by atoms with E-state index in [0.717, 1.165) is 13.0 Å². The standard InChI is InChI=1S/C18H21F2N3O.HI/c1-21-18(22-12-11-14-7-3-2-4-8-14)23-13-15-9-5-6-10-16(15)24-17(19)20;/h2-10,17H,11-13H2,1H3,(H2,21,22,23);1H. The maximum Gasteiger partial charge on any atom is 0.387 e. The Morgan fingerprint density at radius 2 is 1.72 bits per heavy atom. The number of para-hydroxylation sites is 1. The van der Waals surface area contributed by atoms with Crippen LogP contribution in [0.1, 0.15) is 11.1 Å². The Morgan fingerprint density at radius 3 is 2.40 bits per heavy atom. The van der Waals surface area contributed by atoms with Gasteiger partial charge in [-0.3, -0.25) is 4.99 Å². The number of hydrogen-bond donors (Lipinski definition) is 2. The van der Waals surface area contributed by atoms with Crippen molar-refractivity contribution < 1.29 is 13.5 Å². The van der Waals surface area contributed by atoms with Crippen molar-refractivity contribution >= 4 is 29.9 Å². The molecule has 0 amide bonds. The number of alkyl halides is 2. The van der Waals surface area contributed by atoms with Crippen molar-refractivity contribution in [2.24, 2.45) is 4.99 Å². The Hall–Kier alpha value is -1.90. The lowest BCUT2D eigenvalue weighted by Crippen LogP contribution is -2.37. The van der Waals surface area contributed by atoms with Crippen LogP contribution in [-0.4, -0.2) is 26.2 Å². The van der Waals surface area contributed by atoms with Crippen LogP contribution in [0.25, 0.3) is 0 Å². The highest BCUT2D eigenvalue weighted by atomic mass is 127. The van der Waals surface area contributed by atoms with Gasteiger partial charge in [-0.1, -0.05) is 48.5 Å². The molecule has 0 spiro atoms. The minimum absolute atomic E-state index is 0. The number of benzene rings is 2. The molecule has 0 bridgehead atoms. The van der Waals surface area contributed by atoms with Gasteiger partial charge in [0.05, 0.1) is 0 Å². The van der Waals surface area contributed by atoms with Crippen molar-refractivity contribution in [3.8, 4) is 5.75 Å². The van der Waals surface area contributed by atoms with Gasteiger partial charge in [0.2, 0.25) is 0 Å². The Balaban J connectivity index is 0.00000312. The lowest BCUT2D eigenvalue weighted by Gasteiger charge is -2.14. The van der Waals surface area contributed by atoms with E-state index in [9.17, 15) is 8.78 Å². The molecule has 2 N–H and O–H groups in total. The van der Waals surface area contributed by atoms with Gasteiger partial charge in [0.1, 0.15) is 5.75 Å². The Morgan fingerprint density at radius 1 is 1.04 bits per heavy atom. The summed E-state index contributed by atoms with van der Waals surface area (Å²) in [7, 11) is 1.67. The molecule has 2 aromatic rings. The highest BCUT2D eigenvalue weighted by Gasteiger charge is 2.09. The first-order valence-electron chi connectivity index (χ1n) is 7.70. The molecular weight excluding hydrogens is 439 g/mol. The van der Waals surface area contributed by atoms with E-state index in [1.54, 1.807) is 25.2 Å². The summed E-state index contributed by atoms with van der Waals surface area (Å²) in [5.74, 6) is 0.775. The van der Waals surface area contributed by atoms with Crippen LogP contribution in [-0.2, 0) is 13.0 Å². The fourth-order valence-electron chi connectivity index (χ4n) is 2.23. The molecule has 0 aliphatic carbocycles. The number of ether oxygens (including phenoxy) is 1. The monoisotopic (exact) mass is 461 g/mol. The number of halogens is 3. The van der Waals surface area contributed by atoms with E-state index in [2.05, 4.69) is 32.5 Å². The predicted octanol–water partition coefficient (Wildman–Crippen LogP) is 3.81. The van der Waals surface area contributed by atoms with E-state index in [1.165, 1.54) is 11.6 Å². The van der Waals surface area contributed by atoms with Crippen LogP contribution in [0.4, 0.5) is 8.78 Å². The van der Waals surface area contributed by atoms with Gasteiger partial charge in [-0.25, -0.2) is 0 Å². The maximum atomic E-state index is 12.4. The zero-order valence-corrected chi connectivity index (χ0v) is 16.2. The molecule has 0 saturated heterocycles. The summed E-state index contributed by atoms with van der Waals surface area (Å²) >= 11 is 0. The van der Waals surface area contributed by atoms with Gasteiger partial charge in [-0.2, -0.15) is 8.78 Å². The average Bonchev–Trinajstić information content (AvgIpc) is 2.59. The molecular formula is C18H22F2IN3O. The third-order valence-corrected chi connectivity index (χ3v) is 3.41. The minimum atomic E-state index is -2.84. The van der Waals surface area contributed by atoms with Crippen LogP contribution < -0.4 is 15.4 Å². The quantitative estimate of drug-likeness (QED) is 0.375. The molecule has 2 rings (SSSR count). The van der Waals surface area contributed by atoms with E-state index in [1.807, 2.05) is 18.2 Å². The average molecular weight is 461 g/mol. The van der Waals surface area contributed by atoms with E-state index >= 15 is 0 Å². The van der Waals surface area contributed by atoms with E-state index < -0.39 is 6.61 Å². The highest BCUT2D eigenvalue weighted by molar-refractivity contribution is 14.0. The lowest BCUT2D eigenvalue weighted by molar-refractivity contribution is -0.0504. The van der Waals surface area contributed by atoms with Crippen LogP contribution in [0.5, 0.6) is 5.75 Å². The summed E-state index contributed by atoms with van der Waals surface area (Å²) in [6.07, 6.45) is 0.868. The van der Waals surface area contributed by atoms with Crippen molar-refractivity contribution in [3.05, 3.63) is 65.7 Å². The number of nitrogens with one attached hydrogen (secondary N) is 2. The molecule has 0 radical (unpaired) electrons. The van der Waals surface area contributed by atoms with Crippen LogP contribution >= 0.6 is 24.0 Å². The number of aliphatic imine (C=N–C) groups is 1. The summed E-state index contributed by atoms with van der Waals surface area (Å²) in [4.78, 5) is 4.13. The van der Waals surface area contributed by atoms with Crippen LogP contribution in [0.15, 0.2) is 59.6 Å². The number of guanidine groups is 1. The molecule has 0 aliphatic rings. The SMILES string of the molecule is CN=C(NCCc1ccccc1)NCc1ccccc1OC(F)F.I. The van der Waals surface area contributed by atoms with E-state index in [-0.39, 0.29) is 29.7 Å². The fraction of sp³-hybridized carbons (Fsp3) is 0.278. The second kappa shape index (κ2) is 11.6. The molecule has 0 unspecified atom stereocenters. The third kappa shape index (κ3) is 7.68. The highest BCUT2D eigenvalue weighted by Crippen LogP contribution is 2.19. The molecule has 7 heteroatoms. The van der Waals surface area contributed by atoms with Crippen LogP contribution in [0, 0.1) is 0 Å². The smallest absolute Gasteiger partial charge is 0.387 e. The molecule has 0 fully saturated rings. The second-order valence-corrected chi connectivity index (χ2v) is 5.07. The van der Waals surface area contributed by atoms with Crippen molar-refractivity contribution in [3.63, 3.8) is 0 Å². The summed E-state index contributed by atoms with van der Waals surface area (Å²) in [6, 6.07) is 16.8.